The van der Waals surface area contributed by atoms with Crippen LogP contribution in [0, 0.1) is 17.8 Å². The zero-order valence-corrected chi connectivity index (χ0v) is 9.50. The van der Waals surface area contributed by atoms with E-state index in [-0.39, 0.29) is 0 Å². The molecule has 0 unspecified atom stereocenters. The molecular weight excluding hydrogens is 164 g/mol. The highest BCUT2D eigenvalue weighted by molar-refractivity contribution is 7.99. The number of rotatable bonds is 4. The lowest BCUT2D eigenvalue weighted by molar-refractivity contribution is 0.675. The summed E-state index contributed by atoms with van der Waals surface area (Å²) in [5.41, 5.74) is 0. The van der Waals surface area contributed by atoms with Gasteiger partial charge in [0.15, 0.2) is 0 Å². The first kappa shape index (κ1) is 11.9. The summed E-state index contributed by atoms with van der Waals surface area (Å²) in [4.78, 5) is 0. The second kappa shape index (κ2) is 7.55. The van der Waals surface area contributed by atoms with Gasteiger partial charge in [-0.25, -0.2) is 0 Å². The number of hydrogen-bond donors (Lipinski definition) is 0. The lowest BCUT2D eigenvalue weighted by Crippen LogP contribution is -1.88. The van der Waals surface area contributed by atoms with E-state index >= 15 is 0 Å². The molecule has 1 heteroatoms. The van der Waals surface area contributed by atoms with E-state index in [1.54, 1.807) is 0 Å². The van der Waals surface area contributed by atoms with Gasteiger partial charge in [0.05, 0.1) is 0 Å². The summed E-state index contributed by atoms with van der Waals surface area (Å²) in [6.45, 7) is 8.87. The van der Waals surface area contributed by atoms with Crippen LogP contribution in [0.4, 0.5) is 0 Å². The molecule has 0 N–H and O–H groups in total. The van der Waals surface area contributed by atoms with Crippen LogP contribution < -0.4 is 0 Å². The fourth-order valence-electron chi connectivity index (χ4n) is 0.710. The van der Waals surface area contributed by atoms with Crippen molar-refractivity contribution < 1.29 is 0 Å². The normalized spacial score (nSPS) is 10.2. The fourth-order valence-corrected chi connectivity index (χ4v) is 1.40. The smallest absolute Gasteiger partial charge is 0.0180 e. The summed E-state index contributed by atoms with van der Waals surface area (Å²) in [5, 5.41) is 0.747. The van der Waals surface area contributed by atoms with E-state index in [4.69, 9.17) is 0 Å². The summed E-state index contributed by atoms with van der Waals surface area (Å²) >= 11 is 1.99. The van der Waals surface area contributed by atoms with E-state index in [0.717, 1.165) is 24.0 Å². The highest BCUT2D eigenvalue weighted by Gasteiger charge is 1.91. The minimum absolute atomic E-state index is 0.718. The van der Waals surface area contributed by atoms with Crippen molar-refractivity contribution in [2.75, 3.05) is 5.75 Å². The van der Waals surface area contributed by atoms with Crippen molar-refractivity contribution >= 4 is 11.8 Å². The van der Waals surface area contributed by atoms with E-state index in [0.29, 0.717) is 0 Å². The third-order valence-electron chi connectivity index (χ3n) is 1.31. The van der Waals surface area contributed by atoms with E-state index < -0.39 is 0 Å². The van der Waals surface area contributed by atoms with Gasteiger partial charge in [-0.1, -0.05) is 27.7 Å². The second-order valence-corrected chi connectivity index (χ2v) is 5.31. The molecule has 70 valence electrons. The molecule has 0 nitrogen and oxygen atoms in total. The van der Waals surface area contributed by atoms with Crippen molar-refractivity contribution in [3.8, 4) is 11.8 Å². The first-order valence-electron chi connectivity index (χ1n) is 4.70. The Bertz CT molecular complexity index is 148. The highest BCUT2D eigenvalue weighted by Crippen LogP contribution is 2.09. The molecule has 0 heterocycles. The Morgan fingerprint density at radius 2 is 1.75 bits per heavy atom. The zero-order chi connectivity index (χ0) is 9.40. The second-order valence-electron chi connectivity index (χ2n) is 3.62. The standard InChI is InChI=1S/C11H20S/c1-10(2)8-6-5-7-9-12-11(3)4/h10-11H,7-9H2,1-4H3. The third-order valence-corrected chi connectivity index (χ3v) is 2.42. The predicted octanol–water partition coefficient (Wildman–Crippen LogP) is 3.57. The number of hydrogen-bond acceptors (Lipinski definition) is 1. The largest absolute Gasteiger partial charge is 0.158 e. The molecule has 0 aromatic rings. The lowest BCUT2D eigenvalue weighted by atomic mass is 10.1. The van der Waals surface area contributed by atoms with Gasteiger partial charge in [0.2, 0.25) is 0 Å². The van der Waals surface area contributed by atoms with Crippen LogP contribution in [0.25, 0.3) is 0 Å². The Kier molecular flexibility index (Phi) is 7.50. The molecule has 0 bridgehead atoms. The predicted molar refractivity (Wildman–Crippen MR) is 59.4 cm³/mol. The lowest BCUT2D eigenvalue weighted by Gasteiger charge is -1.99. The van der Waals surface area contributed by atoms with Gasteiger partial charge in [-0.15, -0.1) is 11.8 Å². The maximum Gasteiger partial charge on any atom is 0.0180 e. The summed E-state index contributed by atoms with van der Waals surface area (Å²) in [7, 11) is 0. The molecule has 0 aliphatic rings. The average molecular weight is 184 g/mol. The van der Waals surface area contributed by atoms with Crippen LogP contribution in [-0.4, -0.2) is 11.0 Å². The van der Waals surface area contributed by atoms with E-state index in [1.165, 1.54) is 5.75 Å². The van der Waals surface area contributed by atoms with Gasteiger partial charge in [0.25, 0.3) is 0 Å². The van der Waals surface area contributed by atoms with Crippen molar-refractivity contribution in [1.82, 2.24) is 0 Å². The summed E-state index contributed by atoms with van der Waals surface area (Å²) in [6.07, 6.45) is 2.10. The Hall–Kier alpha value is -0.0900. The summed E-state index contributed by atoms with van der Waals surface area (Å²) in [6, 6.07) is 0. The molecule has 0 fully saturated rings. The molecule has 0 spiro atoms. The molecule has 0 aromatic heterocycles. The molecule has 0 rings (SSSR count). The van der Waals surface area contributed by atoms with Crippen LogP contribution in [0.1, 0.15) is 40.5 Å². The van der Waals surface area contributed by atoms with Gasteiger partial charge in [-0.3, -0.25) is 0 Å². The van der Waals surface area contributed by atoms with Gasteiger partial charge in [-0.2, -0.15) is 11.8 Å². The Labute approximate surface area is 81.5 Å². The van der Waals surface area contributed by atoms with Crippen molar-refractivity contribution in [2.45, 2.75) is 45.8 Å². The van der Waals surface area contributed by atoms with Crippen molar-refractivity contribution in [2.24, 2.45) is 5.92 Å². The van der Waals surface area contributed by atoms with Gasteiger partial charge in [0.1, 0.15) is 0 Å². The van der Waals surface area contributed by atoms with Crippen molar-refractivity contribution in [1.29, 1.82) is 0 Å². The molecule has 12 heavy (non-hydrogen) atoms. The van der Waals surface area contributed by atoms with E-state index in [1.807, 2.05) is 11.8 Å². The fraction of sp³-hybridized carbons (Fsp3) is 0.818. The third kappa shape index (κ3) is 9.91. The summed E-state index contributed by atoms with van der Waals surface area (Å²) in [5.74, 6) is 8.30. The highest BCUT2D eigenvalue weighted by atomic mass is 32.2. The maximum atomic E-state index is 3.20. The molecule has 0 atom stereocenters. The Morgan fingerprint density at radius 1 is 1.08 bits per heavy atom. The van der Waals surface area contributed by atoms with Crippen LogP contribution in [-0.2, 0) is 0 Å². The zero-order valence-electron chi connectivity index (χ0n) is 8.68. The quantitative estimate of drug-likeness (QED) is 0.475. The van der Waals surface area contributed by atoms with E-state index in [2.05, 4.69) is 39.5 Å². The monoisotopic (exact) mass is 184 g/mol. The molecule has 0 amide bonds. The number of thioether (sulfide) groups is 1. The minimum Gasteiger partial charge on any atom is -0.158 e. The Morgan fingerprint density at radius 3 is 2.25 bits per heavy atom. The van der Waals surface area contributed by atoms with Crippen LogP contribution in [0.15, 0.2) is 0 Å². The van der Waals surface area contributed by atoms with Crippen molar-refractivity contribution in [3.05, 3.63) is 0 Å². The van der Waals surface area contributed by atoms with E-state index in [9.17, 15) is 0 Å². The van der Waals surface area contributed by atoms with Gasteiger partial charge in [-0.05, 0) is 11.2 Å². The first-order valence-corrected chi connectivity index (χ1v) is 5.75. The van der Waals surface area contributed by atoms with Gasteiger partial charge in [0, 0.05) is 18.6 Å². The topological polar surface area (TPSA) is 0 Å². The first-order chi connectivity index (χ1) is 5.63. The SMILES string of the molecule is CC(C)CC#CCCSC(C)C. The van der Waals surface area contributed by atoms with Crippen LogP contribution in [0.5, 0.6) is 0 Å². The van der Waals surface area contributed by atoms with Gasteiger partial charge >= 0.3 is 0 Å². The van der Waals surface area contributed by atoms with Crippen LogP contribution in [0.3, 0.4) is 0 Å². The summed E-state index contributed by atoms with van der Waals surface area (Å²) < 4.78 is 0. The Balaban J connectivity index is 3.22. The van der Waals surface area contributed by atoms with Crippen LogP contribution in [0.2, 0.25) is 0 Å². The molecule has 0 aromatic carbocycles. The maximum absolute atomic E-state index is 3.20. The molecular formula is C11H20S. The molecule has 0 saturated carbocycles. The molecule has 0 radical (unpaired) electrons. The minimum atomic E-state index is 0.718. The molecule has 0 aliphatic heterocycles. The molecule has 0 aliphatic carbocycles. The molecule has 0 saturated heterocycles. The van der Waals surface area contributed by atoms with Crippen molar-refractivity contribution in [3.63, 3.8) is 0 Å². The van der Waals surface area contributed by atoms with Crippen LogP contribution >= 0.6 is 11.8 Å². The average Bonchev–Trinajstić information content (AvgIpc) is 1.95. The van der Waals surface area contributed by atoms with Gasteiger partial charge < -0.3 is 0 Å².